The predicted molar refractivity (Wildman–Crippen MR) is 101 cm³/mol. The van der Waals surface area contributed by atoms with Crippen LogP contribution < -0.4 is 11.4 Å². The number of amidine groups is 1. The van der Waals surface area contributed by atoms with Gasteiger partial charge in [0.1, 0.15) is 5.58 Å². The van der Waals surface area contributed by atoms with Crippen LogP contribution in [0.25, 0.3) is 11.0 Å². The van der Waals surface area contributed by atoms with E-state index < -0.39 is 0 Å². The van der Waals surface area contributed by atoms with Crippen LogP contribution in [0.1, 0.15) is 36.0 Å². The van der Waals surface area contributed by atoms with Gasteiger partial charge in [-0.15, -0.1) is 0 Å². The lowest BCUT2D eigenvalue weighted by atomic mass is 10.0. The maximum Gasteiger partial charge on any atom is 0.336 e. The molecule has 0 unspecified atom stereocenters. The highest BCUT2D eigenvalue weighted by atomic mass is 32.2. The smallest absolute Gasteiger partial charge is 0.336 e. The van der Waals surface area contributed by atoms with E-state index in [-0.39, 0.29) is 11.7 Å². The van der Waals surface area contributed by atoms with E-state index in [1.807, 2.05) is 6.07 Å². The van der Waals surface area contributed by atoms with E-state index in [0.29, 0.717) is 23.0 Å². The Morgan fingerprint density at radius 3 is 2.88 bits per heavy atom. The summed E-state index contributed by atoms with van der Waals surface area (Å²) in [6.07, 6.45) is 5.69. The van der Waals surface area contributed by atoms with Gasteiger partial charge in [0.25, 0.3) is 0 Å². The fourth-order valence-corrected chi connectivity index (χ4v) is 4.30. The molecule has 4 rings (SSSR count). The molecule has 0 saturated carbocycles. The Kier molecular flexibility index (Phi) is 4.81. The van der Waals surface area contributed by atoms with Gasteiger partial charge in [-0.25, -0.2) is 4.79 Å². The molecular formula is C19H22N2O3S. The normalized spacial score (nSPS) is 20.3. The third-order valence-electron chi connectivity index (χ3n) is 4.89. The van der Waals surface area contributed by atoms with Crippen molar-refractivity contribution < 1.29 is 9.15 Å². The first kappa shape index (κ1) is 16.7. The molecule has 1 fully saturated rings. The number of hydrogen-bond acceptors (Lipinski definition) is 5. The highest BCUT2D eigenvalue weighted by Crippen LogP contribution is 2.29. The monoisotopic (exact) mass is 358 g/mol. The summed E-state index contributed by atoms with van der Waals surface area (Å²) >= 11 is 1.46. The van der Waals surface area contributed by atoms with Crippen molar-refractivity contribution in [2.75, 3.05) is 13.2 Å². The van der Waals surface area contributed by atoms with Crippen LogP contribution in [-0.2, 0) is 23.3 Å². The molecule has 0 radical (unpaired) electrons. The fraction of sp³-hybridized carbons (Fsp3) is 0.474. The van der Waals surface area contributed by atoms with Gasteiger partial charge in [-0.2, -0.15) is 0 Å². The van der Waals surface area contributed by atoms with Gasteiger partial charge in [-0.05, 0) is 60.9 Å². The van der Waals surface area contributed by atoms with Crippen molar-refractivity contribution in [3.8, 4) is 0 Å². The molecule has 1 saturated heterocycles. The molecule has 132 valence electrons. The van der Waals surface area contributed by atoms with Gasteiger partial charge in [0, 0.05) is 23.8 Å². The Morgan fingerprint density at radius 2 is 2.08 bits per heavy atom. The van der Waals surface area contributed by atoms with Crippen LogP contribution in [0.15, 0.2) is 32.4 Å². The highest BCUT2D eigenvalue weighted by Gasteiger charge is 2.16. The lowest BCUT2D eigenvalue weighted by molar-refractivity contribution is 0.118. The van der Waals surface area contributed by atoms with Crippen molar-refractivity contribution in [2.45, 2.75) is 44.0 Å². The minimum atomic E-state index is -0.309. The highest BCUT2D eigenvalue weighted by molar-refractivity contribution is 8.13. The molecule has 1 aromatic heterocycles. The van der Waals surface area contributed by atoms with Gasteiger partial charge in [0.15, 0.2) is 5.17 Å². The third kappa shape index (κ3) is 3.75. The summed E-state index contributed by atoms with van der Waals surface area (Å²) in [6, 6.07) is 5.78. The molecule has 1 aromatic carbocycles. The molecule has 2 aromatic rings. The molecule has 2 aliphatic rings. The van der Waals surface area contributed by atoms with E-state index >= 15 is 0 Å². The topological polar surface area (TPSA) is 77.8 Å². The second-order valence-electron chi connectivity index (χ2n) is 6.66. The number of nitrogens with zero attached hydrogens (tertiary/aromatic N) is 1. The lowest BCUT2D eigenvalue weighted by Crippen LogP contribution is -2.14. The number of hydrogen-bond donors (Lipinski definition) is 1. The second kappa shape index (κ2) is 7.22. The Labute approximate surface area is 150 Å². The minimum absolute atomic E-state index is 0.200. The molecule has 6 heteroatoms. The summed E-state index contributed by atoms with van der Waals surface area (Å²) in [5.41, 5.74) is 10.0. The molecule has 1 aliphatic carbocycles. The molecule has 2 heterocycles. The molecular weight excluding hydrogens is 336 g/mol. The van der Waals surface area contributed by atoms with Crippen molar-refractivity contribution in [1.29, 1.82) is 0 Å². The standard InChI is InChI=1S/C19H22N2O3S/c20-19(21-10-15-5-2-6-23-15)25-11-14-9-18(22)24-17-8-13-4-1-3-12(13)7-16(14)17/h7-9,15H,1-6,10-11H2,(H2,20,21)/t15-/m1/s1. The molecule has 2 N–H and O–H groups in total. The van der Waals surface area contributed by atoms with E-state index in [9.17, 15) is 4.79 Å². The Hall–Kier alpha value is -1.79. The van der Waals surface area contributed by atoms with E-state index in [4.69, 9.17) is 14.9 Å². The zero-order valence-corrected chi connectivity index (χ0v) is 14.9. The minimum Gasteiger partial charge on any atom is -0.423 e. The number of ether oxygens (including phenoxy) is 1. The summed E-state index contributed by atoms with van der Waals surface area (Å²) in [4.78, 5) is 16.3. The maximum absolute atomic E-state index is 11.9. The zero-order valence-electron chi connectivity index (χ0n) is 14.1. The van der Waals surface area contributed by atoms with Crippen LogP contribution in [0.4, 0.5) is 0 Å². The average molecular weight is 358 g/mol. The summed E-state index contributed by atoms with van der Waals surface area (Å²) in [5, 5.41) is 1.55. The number of aliphatic imine (C=N–C) groups is 1. The Bertz CT molecular complexity index is 869. The largest absolute Gasteiger partial charge is 0.423 e. The van der Waals surface area contributed by atoms with Crippen LogP contribution in [0, 0.1) is 0 Å². The van der Waals surface area contributed by atoms with Crippen molar-refractivity contribution in [2.24, 2.45) is 10.7 Å². The van der Waals surface area contributed by atoms with E-state index in [1.165, 1.54) is 29.3 Å². The summed E-state index contributed by atoms with van der Waals surface area (Å²) in [7, 11) is 0. The van der Waals surface area contributed by atoms with E-state index in [2.05, 4.69) is 11.1 Å². The molecule has 0 bridgehead atoms. The van der Waals surface area contributed by atoms with E-state index in [0.717, 1.165) is 43.2 Å². The molecule has 0 spiro atoms. The SMILES string of the molecule is NC(=NC[C@H]1CCCO1)SCc1cc(=O)oc2cc3c(cc12)CCC3. The zero-order chi connectivity index (χ0) is 17.2. The van der Waals surface area contributed by atoms with Crippen LogP contribution in [0.5, 0.6) is 0 Å². The van der Waals surface area contributed by atoms with Crippen LogP contribution >= 0.6 is 11.8 Å². The molecule has 1 atom stereocenters. The van der Waals surface area contributed by atoms with Crippen molar-refractivity contribution in [1.82, 2.24) is 0 Å². The van der Waals surface area contributed by atoms with Gasteiger partial charge in [0.05, 0.1) is 12.6 Å². The van der Waals surface area contributed by atoms with Crippen molar-refractivity contribution in [3.05, 3.63) is 45.3 Å². The number of benzene rings is 1. The first-order valence-corrected chi connectivity index (χ1v) is 9.80. The number of thioether (sulfide) groups is 1. The van der Waals surface area contributed by atoms with Gasteiger partial charge >= 0.3 is 5.63 Å². The van der Waals surface area contributed by atoms with E-state index in [1.54, 1.807) is 6.07 Å². The quantitative estimate of drug-likeness (QED) is 0.516. The molecule has 25 heavy (non-hydrogen) atoms. The van der Waals surface area contributed by atoms with Crippen molar-refractivity contribution in [3.63, 3.8) is 0 Å². The fourth-order valence-electron chi connectivity index (χ4n) is 3.59. The van der Waals surface area contributed by atoms with Crippen molar-refractivity contribution >= 4 is 27.9 Å². The average Bonchev–Trinajstić information content (AvgIpc) is 3.27. The maximum atomic E-state index is 11.9. The summed E-state index contributed by atoms with van der Waals surface area (Å²) < 4.78 is 11.0. The predicted octanol–water partition coefficient (Wildman–Crippen LogP) is 3.01. The van der Waals surface area contributed by atoms with Gasteiger partial charge < -0.3 is 14.9 Å². The number of aryl methyl sites for hydroxylation is 2. The van der Waals surface area contributed by atoms with Gasteiger partial charge in [0.2, 0.25) is 0 Å². The second-order valence-corrected chi connectivity index (χ2v) is 7.66. The molecule has 1 aliphatic heterocycles. The van der Waals surface area contributed by atoms with Crippen LogP contribution in [0.2, 0.25) is 0 Å². The first-order valence-electron chi connectivity index (χ1n) is 8.82. The van der Waals surface area contributed by atoms with Crippen LogP contribution in [0.3, 0.4) is 0 Å². The third-order valence-corrected chi connectivity index (χ3v) is 5.77. The van der Waals surface area contributed by atoms with Gasteiger partial charge in [-0.3, -0.25) is 4.99 Å². The summed E-state index contributed by atoms with van der Waals surface area (Å²) in [5.74, 6) is 0.613. The number of fused-ring (bicyclic) bond motifs is 2. The lowest BCUT2D eigenvalue weighted by Gasteiger charge is -2.09. The summed E-state index contributed by atoms with van der Waals surface area (Å²) in [6.45, 7) is 1.44. The molecule has 0 amide bonds. The Balaban J connectivity index is 1.52. The number of rotatable bonds is 4. The van der Waals surface area contributed by atoms with Gasteiger partial charge in [-0.1, -0.05) is 11.8 Å². The number of nitrogens with two attached hydrogens (primary N) is 1. The Morgan fingerprint density at radius 1 is 1.24 bits per heavy atom. The molecule has 5 nitrogen and oxygen atoms in total. The van der Waals surface area contributed by atoms with Crippen LogP contribution in [-0.4, -0.2) is 24.4 Å². The first-order chi connectivity index (χ1) is 12.2.